The van der Waals surface area contributed by atoms with Crippen molar-refractivity contribution in [3.05, 3.63) is 73.9 Å². The van der Waals surface area contributed by atoms with Crippen LogP contribution in [-0.4, -0.2) is 59.0 Å². The van der Waals surface area contributed by atoms with Crippen molar-refractivity contribution in [2.45, 2.75) is 232 Å². The van der Waals surface area contributed by atoms with Gasteiger partial charge < -0.3 is 9.80 Å². The largest absolute Gasteiger partial charge is 0.303 e. The van der Waals surface area contributed by atoms with E-state index in [1.807, 2.05) is 24.8 Å². The third kappa shape index (κ3) is 35.2. The second kappa shape index (κ2) is 43.2. The second-order valence-corrected chi connectivity index (χ2v) is 17.9. The van der Waals surface area contributed by atoms with Gasteiger partial charge in [-0.3, -0.25) is 9.97 Å². The van der Waals surface area contributed by atoms with Crippen LogP contribution in [-0.2, 0) is 13.1 Å². The molecule has 0 spiro atoms. The molecule has 6 nitrogen and oxygen atoms in total. The Labute approximate surface area is 373 Å². The summed E-state index contributed by atoms with van der Waals surface area (Å²) in [7, 11) is 0. The lowest BCUT2D eigenvalue weighted by molar-refractivity contribution is -0.697. The SMILES string of the molecule is CCCCCCCCC=CCCCCCCCCN(CCCCN(CCCCCCCC/C=C\CCCCCCCC)CCC[n+]1ccncc1)CCC[n+]1ccncc1. The van der Waals surface area contributed by atoms with Gasteiger partial charge in [0.1, 0.15) is 13.1 Å². The molecular weight excluding hydrogens is 733 g/mol. The molecular formula is C54H98N6+2. The van der Waals surface area contributed by atoms with Crippen molar-refractivity contribution in [3.8, 4) is 0 Å². The first-order valence-corrected chi connectivity index (χ1v) is 26.1. The molecule has 2 heterocycles. The van der Waals surface area contributed by atoms with Crippen LogP contribution in [0.5, 0.6) is 0 Å². The van der Waals surface area contributed by atoms with Gasteiger partial charge in [-0.25, -0.2) is 9.13 Å². The van der Waals surface area contributed by atoms with Gasteiger partial charge in [0.05, 0.1) is 24.8 Å². The van der Waals surface area contributed by atoms with Crippen LogP contribution in [0.1, 0.15) is 219 Å². The van der Waals surface area contributed by atoms with E-state index in [1.165, 1.54) is 245 Å². The summed E-state index contributed by atoms with van der Waals surface area (Å²) in [6, 6.07) is 0. The van der Waals surface area contributed by atoms with Gasteiger partial charge in [-0.1, -0.05) is 154 Å². The maximum absolute atomic E-state index is 4.21. The van der Waals surface area contributed by atoms with E-state index in [0.717, 1.165) is 13.1 Å². The van der Waals surface area contributed by atoms with E-state index >= 15 is 0 Å². The molecule has 0 saturated carbocycles. The quantitative estimate of drug-likeness (QED) is 0.0379. The van der Waals surface area contributed by atoms with Crippen molar-refractivity contribution in [1.29, 1.82) is 0 Å². The lowest BCUT2D eigenvalue weighted by Gasteiger charge is -2.24. The molecule has 2 aromatic heterocycles. The highest BCUT2D eigenvalue weighted by Crippen LogP contribution is 2.13. The Morgan fingerprint density at radius 3 is 0.883 bits per heavy atom. The second-order valence-electron chi connectivity index (χ2n) is 17.9. The Morgan fingerprint density at radius 1 is 0.317 bits per heavy atom. The van der Waals surface area contributed by atoms with Gasteiger partial charge in [0.15, 0.2) is 24.8 Å². The molecule has 2 rings (SSSR count). The molecule has 0 radical (unpaired) electrons. The first-order valence-electron chi connectivity index (χ1n) is 26.1. The number of nitrogens with zero attached hydrogens (tertiary/aromatic N) is 6. The van der Waals surface area contributed by atoms with Crippen LogP contribution in [0.3, 0.4) is 0 Å². The fourth-order valence-electron chi connectivity index (χ4n) is 8.45. The summed E-state index contributed by atoms with van der Waals surface area (Å²) in [6.45, 7) is 14.1. The van der Waals surface area contributed by atoms with Gasteiger partial charge in [0.2, 0.25) is 0 Å². The summed E-state index contributed by atoms with van der Waals surface area (Å²) in [4.78, 5) is 14.0. The van der Waals surface area contributed by atoms with Crippen molar-refractivity contribution < 1.29 is 9.13 Å². The van der Waals surface area contributed by atoms with E-state index in [4.69, 9.17) is 0 Å². The molecule has 0 atom stereocenters. The van der Waals surface area contributed by atoms with Gasteiger partial charge in [-0.15, -0.1) is 0 Å². The summed E-state index contributed by atoms with van der Waals surface area (Å²) in [6.07, 6.45) is 69.3. The van der Waals surface area contributed by atoms with E-state index in [-0.39, 0.29) is 0 Å². The van der Waals surface area contributed by atoms with Crippen LogP contribution in [0.25, 0.3) is 0 Å². The maximum atomic E-state index is 4.21. The van der Waals surface area contributed by atoms with E-state index in [9.17, 15) is 0 Å². The molecule has 0 amide bonds. The molecule has 0 aliphatic carbocycles. The summed E-state index contributed by atoms with van der Waals surface area (Å²) in [5.74, 6) is 0. The van der Waals surface area contributed by atoms with Crippen molar-refractivity contribution in [1.82, 2.24) is 19.8 Å². The van der Waals surface area contributed by atoms with Crippen molar-refractivity contribution in [3.63, 3.8) is 0 Å². The number of rotatable bonds is 45. The average Bonchev–Trinajstić information content (AvgIpc) is 3.27. The number of aryl methyl sites for hydroxylation is 2. The fraction of sp³-hybridized carbons (Fsp3) is 0.778. The smallest absolute Gasteiger partial charge is 0.187 e. The molecule has 0 aromatic carbocycles. The summed E-state index contributed by atoms with van der Waals surface area (Å²) in [5, 5.41) is 0. The predicted molar refractivity (Wildman–Crippen MR) is 259 cm³/mol. The van der Waals surface area contributed by atoms with E-state index in [2.05, 4.69) is 91.8 Å². The van der Waals surface area contributed by atoms with Crippen molar-refractivity contribution in [2.75, 3.05) is 39.3 Å². The Balaban J connectivity index is 1.65. The topological polar surface area (TPSA) is 40.0 Å². The highest BCUT2D eigenvalue weighted by Gasteiger charge is 2.10. The number of hydrogen-bond donors (Lipinski definition) is 0. The minimum atomic E-state index is 1.08. The third-order valence-corrected chi connectivity index (χ3v) is 12.3. The van der Waals surface area contributed by atoms with Crippen LogP contribution >= 0.6 is 0 Å². The Hall–Kier alpha value is -2.44. The van der Waals surface area contributed by atoms with Gasteiger partial charge in [0, 0.05) is 25.9 Å². The zero-order valence-corrected chi connectivity index (χ0v) is 39.9. The Kier molecular flexibility index (Phi) is 38.7. The Bertz CT molecular complexity index is 1090. The minimum absolute atomic E-state index is 1.08. The summed E-state index contributed by atoms with van der Waals surface area (Å²) < 4.78 is 4.57. The lowest BCUT2D eigenvalue weighted by Crippen LogP contribution is -2.36. The normalized spacial score (nSPS) is 12.0. The molecule has 0 fully saturated rings. The molecule has 0 unspecified atom stereocenters. The zero-order chi connectivity index (χ0) is 42.5. The first-order chi connectivity index (χ1) is 29.8. The van der Waals surface area contributed by atoms with Crippen LogP contribution in [0.15, 0.2) is 73.9 Å². The van der Waals surface area contributed by atoms with Crippen molar-refractivity contribution in [2.24, 2.45) is 0 Å². The van der Waals surface area contributed by atoms with E-state index in [0.29, 0.717) is 0 Å². The predicted octanol–water partition coefficient (Wildman–Crippen LogP) is 14.0. The molecule has 6 heteroatoms. The lowest BCUT2D eigenvalue weighted by atomic mass is 10.1. The molecule has 2 aromatic rings. The standard InChI is InChI=1S/C54H98N6/c1-3-5-7-9-11-13-15-17-19-21-23-25-27-29-31-33-43-57(47-37-49-59-51-39-55-40-52-59)45-35-36-46-58(48-38-50-60-53-41-56-42-54-60)44-34-32-30-28-26-24-22-20-18-16-14-12-10-8-6-4-2/h17-20,39-42,51-54H,3-16,21-38,43-50H2,1-2H3/q+2/b19-17-,20-18?. The molecule has 0 saturated heterocycles. The van der Waals surface area contributed by atoms with Gasteiger partial charge in [0.25, 0.3) is 0 Å². The molecule has 342 valence electrons. The maximum Gasteiger partial charge on any atom is 0.187 e. The minimum Gasteiger partial charge on any atom is -0.303 e. The highest BCUT2D eigenvalue weighted by molar-refractivity contribution is 4.82. The summed E-state index contributed by atoms with van der Waals surface area (Å²) in [5.41, 5.74) is 0. The van der Waals surface area contributed by atoms with Crippen LogP contribution in [0.4, 0.5) is 0 Å². The molecule has 0 aliphatic heterocycles. The number of hydrogen-bond acceptors (Lipinski definition) is 4. The van der Waals surface area contributed by atoms with E-state index < -0.39 is 0 Å². The van der Waals surface area contributed by atoms with Gasteiger partial charge in [-0.05, 0) is 103 Å². The van der Waals surface area contributed by atoms with E-state index in [1.54, 1.807) is 0 Å². The first kappa shape index (κ1) is 53.7. The number of aromatic nitrogens is 4. The molecule has 60 heavy (non-hydrogen) atoms. The molecule has 0 aliphatic rings. The molecule has 0 bridgehead atoms. The van der Waals surface area contributed by atoms with Crippen LogP contribution in [0, 0.1) is 0 Å². The van der Waals surface area contributed by atoms with Crippen LogP contribution < -0.4 is 9.13 Å². The fourth-order valence-corrected chi connectivity index (χ4v) is 8.45. The number of unbranched alkanes of at least 4 members (excludes halogenated alkanes) is 25. The summed E-state index contributed by atoms with van der Waals surface area (Å²) >= 11 is 0. The average molecular weight is 831 g/mol. The third-order valence-electron chi connectivity index (χ3n) is 12.3. The number of allylic oxidation sites excluding steroid dienone is 4. The monoisotopic (exact) mass is 831 g/mol. The molecule has 0 N–H and O–H groups in total. The highest BCUT2D eigenvalue weighted by atomic mass is 15.1. The van der Waals surface area contributed by atoms with Gasteiger partial charge in [-0.2, -0.15) is 0 Å². The van der Waals surface area contributed by atoms with Crippen LogP contribution in [0.2, 0.25) is 0 Å². The Morgan fingerprint density at radius 2 is 0.567 bits per heavy atom. The zero-order valence-electron chi connectivity index (χ0n) is 39.9. The van der Waals surface area contributed by atoms with Crippen molar-refractivity contribution >= 4 is 0 Å². The van der Waals surface area contributed by atoms with Gasteiger partial charge >= 0.3 is 0 Å².